The molecule has 2 aromatic carbocycles. The number of halogens is 2. The molecule has 2 rings (SSSR count). The van der Waals surface area contributed by atoms with E-state index in [4.69, 9.17) is 26.8 Å². The number of anilines is 1. The zero-order valence-electron chi connectivity index (χ0n) is 13.8. The van der Waals surface area contributed by atoms with Crippen molar-refractivity contribution in [2.45, 2.75) is 0 Å². The number of nitrogens with two attached hydrogens (primary N) is 1. The Balaban J connectivity index is 2.06. The fourth-order valence-electron chi connectivity index (χ4n) is 1.99. The minimum atomic E-state index is -0.628. The van der Waals surface area contributed by atoms with Gasteiger partial charge in [-0.05, 0) is 42.0 Å². The molecule has 0 radical (unpaired) electrons. The Bertz CT molecular complexity index is 855. The molecule has 0 bridgehead atoms. The lowest BCUT2D eigenvalue weighted by Crippen LogP contribution is -2.20. The van der Waals surface area contributed by atoms with Crippen molar-refractivity contribution >= 4 is 35.2 Å². The largest absolute Gasteiger partial charge is 0.493 e. The standard InChI is InChI=1S/C18H16ClFN2O4/c1-25-16-8-11(2-6-15(16)26-10-17(21)23)3-7-18(24)22-14-5-4-12(19)9-13(14)20/h2-9H,10H2,1H3,(H2,21,23)(H,22,24)/b7-3+. The maximum Gasteiger partial charge on any atom is 0.255 e. The van der Waals surface area contributed by atoms with E-state index in [2.05, 4.69) is 5.32 Å². The number of rotatable bonds is 7. The molecule has 0 unspecified atom stereocenters. The average molecular weight is 379 g/mol. The molecule has 6 nitrogen and oxygen atoms in total. The zero-order valence-corrected chi connectivity index (χ0v) is 14.5. The molecule has 2 amide bonds. The highest BCUT2D eigenvalue weighted by Crippen LogP contribution is 2.28. The van der Waals surface area contributed by atoms with Gasteiger partial charge in [0.1, 0.15) is 5.82 Å². The molecule has 3 N–H and O–H groups in total. The van der Waals surface area contributed by atoms with Crippen LogP contribution in [0.5, 0.6) is 11.5 Å². The minimum Gasteiger partial charge on any atom is -0.493 e. The zero-order chi connectivity index (χ0) is 19.1. The summed E-state index contributed by atoms with van der Waals surface area (Å²) >= 11 is 5.66. The summed E-state index contributed by atoms with van der Waals surface area (Å²) in [5, 5.41) is 2.65. The van der Waals surface area contributed by atoms with E-state index >= 15 is 0 Å². The number of amides is 2. The molecule has 0 saturated heterocycles. The lowest BCUT2D eigenvalue weighted by atomic mass is 10.2. The van der Waals surface area contributed by atoms with Crippen molar-refractivity contribution in [1.82, 2.24) is 0 Å². The monoisotopic (exact) mass is 378 g/mol. The fourth-order valence-corrected chi connectivity index (χ4v) is 2.15. The highest BCUT2D eigenvalue weighted by Gasteiger charge is 2.08. The normalized spacial score (nSPS) is 10.6. The Morgan fingerprint density at radius 3 is 2.65 bits per heavy atom. The lowest BCUT2D eigenvalue weighted by Gasteiger charge is -2.10. The number of primary amides is 1. The molecule has 0 aliphatic heterocycles. The molecule has 2 aromatic rings. The molecule has 0 aliphatic carbocycles. The van der Waals surface area contributed by atoms with Crippen molar-refractivity contribution < 1.29 is 23.5 Å². The van der Waals surface area contributed by atoms with E-state index in [-0.39, 0.29) is 17.3 Å². The summed E-state index contributed by atoms with van der Waals surface area (Å²) in [5.74, 6) is -1.04. The number of nitrogens with one attached hydrogen (secondary N) is 1. The van der Waals surface area contributed by atoms with Gasteiger partial charge in [0, 0.05) is 11.1 Å². The predicted molar refractivity (Wildman–Crippen MR) is 96.8 cm³/mol. The summed E-state index contributed by atoms with van der Waals surface area (Å²) in [6.45, 7) is -0.277. The van der Waals surface area contributed by atoms with Crippen molar-refractivity contribution in [3.8, 4) is 11.5 Å². The summed E-state index contributed by atoms with van der Waals surface area (Å²) in [6, 6.07) is 8.81. The van der Waals surface area contributed by atoms with Crippen molar-refractivity contribution in [3.63, 3.8) is 0 Å². The molecule has 136 valence electrons. The smallest absolute Gasteiger partial charge is 0.255 e. The first-order valence-corrected chi connectivity index (χ1v) is 7.80. The first kappa shape index (κ1) is 19.3. The highest BCUT2D eigenvalue weighted by molar-refractivity contribution is 6.30. The molecule has 0 saturated carbocycles. The van der Waals surface area contributed by atoms with Crippen LogP contribution >= 0.6 is 11.6 Å². The van der Waals surface area contributed by atoms with Crippen molar-refractivity contribution in [1.29, 1.82) is 0 Å². The van der Waals surface area contributed by atoms with Gasteiger partial charge in [-0.2, -0.15) is 0 Å². The Morgan fingerprint density at radius 2 is 2.00 bits per heavy atom. The van der Waals surface area contributed by atoms with Crippen LogP contribution in [0.25, 0.3) is 6.08 Å². The molecule has 0 aliphatic rings. The van der Waals surface area contributed by atoms with Crippen LogP contribution in [0.15, 0.2) is 42.5 Å². The minimum absolute atomic E-state index is 0.0248. The Kier molecular flexibility index (Phi) is 6.57. The van der Waals surface area contributed by atoms with E-state index in [1.54, 1.807) is 18.2 Å². The first-order valence-electron chi connectivity index (χ1n) is 7.42. The molecular formula is C18H16ClFN2O4. The summed E-state index contributed by atoms with van der Waals surface area (Å²) in [5.41, 5.74) is 5.69. The number of carbonyl (C=O) groups is 2. The van der Waals surface area contributed by atoms with E-state index in [0.717, 1.165) is 6.07 Å². The van der Waals surface area contributed by atoms with Crippen molar-refractivity contribution in [3.05, 3.63) is 58.9 Å². The van der Waals surface area contributed by atoms with Crippen LogP contribution in [0.1, 0.15) is 5.56 Å². The van der Waals surface area contributed by atoms with Crippen LogP contribution in [0, 0.1) is 5.82 Å². The van der Waals surface area contributed by atoms with E-state index in [9.17, 15) is 14.0 Å². The molecule has 0 atom stereocenters. The van der Waals surface area contributed by atoms with E-state index in [1.807, 2.05) is 0 Å². The second-order valence-electron chi connectivity index (χ2n) is 5.11. The van der Waals surface area contributed by atoms with Gasteiger partial charge in [0.05, 0.1) is 12.8 Å². The van der Waals surface area contributed by atoms with Gasteiger partial charge in [-0.1, -0.05) is 17.7 Å². The van der Waals surface area contributed by atoms with Crippen LogP contribution in [-0.2, 0) is 9.59 Å². The third-order valence-electron chi connectivity index (χ3n) is 3.17. The van der Waals surface area contributed by atoms with Crippen LogP contribution < -0.4 is 20.5 Å². The topological polar surface area (TPSA) is 90.7 Å². The predicted octanol–water partition coefficient (Wildman–Crippen LogP) is 3.00. The number of hydrogen-bond donors (Lipinski definition) is 2. The average Bonchev–Trinajstić information content (AvgIpc) is 2.60. The van der Waals surface area contributed by atoms with Crippen LogP contribution in [-0.4, -0.2) is 25.5 Å². The Morgan fingerprint density at radius 1 is 1.23 bits per heavy atom. The van der Waals surface area contributed by atoms with Crippen molar-refractivity contribution in [2.24, 2.45) is 5.73 Å². The Hall–Kier alpha value is -3.06. The van der Waals surface area contributed by atoms with E-state index in [0.29, 0.717) is 17.1 Å². The fraction of sp³-hybridized carbons (Fsp3) is 0.111. The van der Waals surface area contributed by atoms with Gasteiger partial charge in [0.2, 0.25) is 5.91 Å². The number of hydrogen-bond acceptors (Lipinski definition) is 4. The molecule has 0 fully saturated rings. The molecule has 0 heterocycles. The van der Waals surface area contributed by atoms with Gasteiger partial charge in [0.15, 0.2) is 18.1 Å². The maximum atomic E-state index is 13.7. The lowest BCUT2D eigenvalue weighted by molar-refractivity contribution is -0.120. The van der Waals surface area contributed by atoms with Gasteiger partial charge in [-0.15, -0.1) is 0 Å². The van der Waals surface area contributed by atoms with E-state index < -0.39 is 17.6 Å². The number of carbonyl (C=O) groups excluding carboxylic acids is 2. The van der Waals surface area contributed by atoms with Crippen LogP contribution in [0.3, 0.4) is 0 Å². The quantitative estimate of drug-likeness (QED) is 0.724. The number of methoxy groups -OCH3 is 1. The third kappa shape index (κ3) is 5.49. The van der Waals surface area contributed by atoms with Gasteiger partial charge >= 0.3 is 0 Å². The second kappa shape index (κ2) is 8.87. The van der Waals surface area contributed by atoms with Gasteiger partial charge < -0.3 is 20.5 Å². The van der Waals surface area contributed by atoms with Gasteiger partial charge in [-0.25, -0.2) is 4.39 Å². The summed E-state index contributed by atoms with van der Waals surface area (Å²) in [6.07, 6.45) is 2.76. The molecule has 0 aromatic heterocycles. The Labute approximate surface area is 154 Å². The van der Waals surface area contributed by atoms with Gasteiger partial charge in [0.25, 0.3) is 5.91 Å². The molecule has 8 heteroatoms. The second-order valence-corrected chi connectivity index (χ2v) is 5.55. The van der Waals surface area contributed by atoms with Crippen LogP contribution in [0.2, 0.25) is 5.02 Å². The summed E-state index contributed by atoms with van der Waals surface area (Å²) in [4.78, 5) is 22.7. The SMILES string of the molecule is COc1cc(/C=C/C(=O)Nc2ccc(Cl)cc2F)ccc1OCC(N)=O. The van der Waals surface area contributed by atoms with Crippen molar-refractivity contribution in [2.75, 3.05) is 19.0 Å². The summed E-state index contributed by atoms with van der Waals surface area (Å²) in [7, 11) is 1.44. The molecule has 0 spiro atoms. The van der Waals surface area contributed by atoms with E-state index in [1.165, 1.54) is 31.4 Å². The molecular weight excluding hydrogens is 363 g/mol. The summed E-state index contributed by atoms with van der Waals surface area (Å²) < 4.78 is 24.1. The number of benzene rings is 2. The highest BCUT2D eigenvalue weighted by atomic mass is 35.5. The first-order chi connectivity index (χ1) is 12.4. The van der Waals surface area contributed by atoms with Gasteiger partial charge in [-0.3, -0.25) is 9.59 Å². The number of ether oxygens (including phenoxy) is 2. The maximum absolute atomic E-state index is 13.7. The third-order valence-corrected chi connectivity index (χ3v) is 3.41. The van der Waals surface area contributed by atoms with Crippen LogP contribution in [0.4, 0.5) is 10.1 Å². The molecule has 26 heavy (non-hydrogen) atoms.